The van der Waals surface area contributed by atoms with E-state index in [9.17, 15) is 9.59 Å². The highest BCUT2D eigenvalue weighted by molar-refractivity contribution is 6.21. The van der Waals surface area contributed by atoms with E-state index < -0.39 is 0 Å². The Morgan fingerprint density at radius 2 is 1.76 bits per heavy atom. The molecule has 0 bridgehead atoms. The number of amides is 2. The molecule has 1 atom stereocenters. The lowest BCUT2D eigenvalue weighted by Crippen LogP contribution is -3.17. The molecule has 21 heavy (non-hydrogen) atoms. The summed E-state index contributed by atoms with van der Waals surface area (Å²) in [4.78, 5) is 27.5. The molecule has 0 aliphatic carbocycles. The number of quaternary nitrogens is 1. The molecule has 112 valence electrons. The minimum Gasteiger partial charge on any atom is -0.497 e. The molecule has 3 rings (SSSR count). The molecule has 0 aromatic heterocycles. The van der Waals surface area contributed by atoms with E-state index in [0.29, 0.717) is 12.1 Å². The topological polar surface area (TPSA) is 51.0 Å². The Morgan fingerprint density at radius 3 is 2.38 bits per heavy atom. The van der Waals surface area contributed by atoms with Gasteiger partial charge in [0.1, 0.15) is 5.75 Å². The van der Waals surface area contributed by atoms with Gasteiger partial charge in [-0.3, -0.25) is 9.59 Å². The number of rotatable bonds is 3. The standard InChI is InChI=1S/C16H20N2O3/c1-21-13-7-5-12(6-8-13)18-15(19)11-14(16(18)20)17-9-3-2-4-10-17/h5-8,14H,2-4,9-11H2,1H3/p+1/t14-/m1/s1. The van der Waals surface area contributed by atoms with E-state index in [2.05, 4.69) is 0 Å². The second-order valence-corrected chi connectivity index (χ2v) is 5.74. The van der Waals surface area contributed by atoms with Crippen LogP contribution in [0.3, 0.4) is 0 Å². The minimum atomic E-state index is -0.195. The highest BCUT2D eigenvalue weighted by Crippen LogP contribution is 2.24. The van der Waals surface area contributed by atoms with Crippen molar-refractivity contribution in [2.24, 2.45) is 0 Å². The lowest BCUT2D eigenvalue weighted by molar-refractivity contribution is -0.919. The molecule has 0 unspecified atom stereocenters. The quantitative estimate of drug-likeness (QED) is 0.819. The molecule has 2 aliphatic rings. The van der Waals surface area contributed by atoms with Gasteiger partial charge in [0, 0.05) is 0 Å². The molecular weight excluding hydrogens is 268 g/mol. The number of methoxy groups -OCH3 is 1. The second-order valence-electron chi connectivity index (χ2n) is 5.74. The Kier molecular flexibility index (Phi) is 3.92. The smallest absolute Gasteiger partial charge is 0.292 e. The van der Waals surface area contributed by atoms with Gasteiger partial charge >= 0.3 is 0 Å². The zero-order valence-electron chi connectivity index (χ0n) is 12.3. The first-order chi connectivity index (χ1) is 10.2. The predicted molar refractivity (Wildman–Crippen MR) is 78.4 cm³/mol. The summed E-state index contributed by atoms with van der Waals surface area (Å²) in [6, 6.07) is 6.89. The van der Waals surface area contributed by atoms with Crippen molar-refractivity contribution >= 4 is 17.5 Å². The van der Waals surface area contributed by atoms with Crippen molar-refractivity contribution < 1.29 is 19.2 Å². The van der Waals surface area contributed by atoms with Gasteiger partial charge in [0.2, 0.25) is 5.91 Å². The Bertz CT molecular complexity index is 535. The van der Waals surface area contributed by atoms with E-state index in [4.69, 9.17) is 4.74 Å². The molecular formula is C16H21N2O3+. The van der Waals surface area contributed by atoms with Crippen LogP contribution in [-0.4, -0.2) is 38.1 Å². The third-order valence-corrected chi connectivity index (χ3v) is 4.47. The van der Waals surface area contributed by atoms with Gasteiger partial charge in [-0.1, -0.05) is 0 Å². The van der Waals surface area contributed by atoms with E-state index in [1.54, 1.807) is 31.4 Å². The van der Waals surface area contributed by atoms with E-state index >= 15 is 0 Å². The van der Waals surface area contributed by atoms with Gasteiger partial charge in [0.05, 0.1) is 32.3 Å². The number of likely N-dealkylation sites (tertiary alicyclic amines) is 1. The summed E-state index contributed by atoms with van der Waals surface area (Å²) < 4.78 is 5.11. The van der Waals surface area contributed by atoms with Gasteiger partial charge in [0.25, 0.3) is 5.91 Å². The van der Waals surface area contributed by atoms with Crippen LogP contribution >= 0.6 is 0 Å². The number of carbonyl (C=O) groups excluding carboxylic acids is 2. The average Bonchev–Trinajstić information content (AvgIpc) is 2.83. The maximum Gasteiger partial charge on any atom is 0.292 e. The lowest BCUT2D eigenvalue weighted by Gasteiger charge is -2.27. The number of ether oxygens (including phenoxy) is 1. The summed E-state index contributed by atoms with van der Waals surface area (Å²) in [5, 5.41) is 0. The van der Waals surface area contributed by atoms with E-state index in [0.717, 1.165) is 31.7 Å². The van der Waals surface area contributed by atoms with Crippen LogP contribution in [0.5, 0.6) is 5.75 Å². The number of imide groups is 1. The molecule has 2 saturated heterocycles. The number of hydrogen-bond acceptors (Lipinski definition) is 3. The van der Waals surface area contributed by atoms with Crippen LogP contribution < -0.4 is 14.5 Å². The third kappa shape index (κ3) is 2.65. The van der Waals surface area contributed by atoms with Gasteiger partial charge < -0.3 is 9.64 Å². The number of anilines is 1. The summed E-state index contributed by atoms with van der Waals surface area (Å²) in [5.74, 6) is 0.575. The molecule has 2 fully saturated rings. The summed E-state index contributed by atoms with van der Waals surface area (Å²) in [6.07, 6.45) is 3.87. The SMILES string of the molecule is COc1ccc(N2C(=O)C[C@@H]([NH+]3CCCCC3)C2=O)cc1. The number of piperidine rings is 1. The van der Waals surface area contributed by atoms with Crippen LogP contribution in [0.4, 0.5) is 5.69 Å². The second kappa shape index (κ2) is 5.85. The van der Waals surface area contributed by atoms with Crippen molar-refractivity contribution in [3.05, 3.63) is 24.3 Å². The molecule has 5 nitrogen and oxygen atoms in total. The summed E-state index contributed by atoms with van der Waals surface area (Å²) in [7, 11) is 1.59. The van der Waals surface area contributed by atoms with Crippen LogP contribution in [0.2, 0.25) is 0 Å². The maximum absolute atomic E-state index is 12.6. The number of carbonyl (C=O) groups is 2. The molecule has 2 aliphatic heterocycles. The van der Waals surface area contributed by atoms with Crippen molar-refractivity contribution in [3.8, 4) is 5.75 Å². The van der Waals surface area contributed by atoms with Crippen molar-refractivity contribution in [3.63, 3.8) is 0 Å². The van der Waals surface area contributed by atoms with E-state index in [-0.39, 0.29) is 17.9 Å². The fourth-order valence-electron chi connectivity index (χ4n) is 3.31. The first-order valence-electron chi connectivity index (χ1n) is 7.56. The Hall–Kier alpha value is -1.88. The number of nitrogens with zero attached hydrogens (tertiary/aromatic N) is 1. The van der Waals surface area contributed by atoms with Crippen molar-refractivity contribution in [1.29, 1.82) is 0 Å². The van der Waals surface area contributed by atoms with Crippen LogP contribution in [-0.2, 0) is 9.59 Å². The molecule has 0 saturated carbocycles. The van der Waals surface area contributed by atoms with E-state index in [1.807, 2.05) is 0 Å². The first kappa shape index (κ1) is 14.1. The van der Waals surface area contributed by atoms with Crippen LogP contribution in [0, 0.1) is 0 Å². The number of nitrogens with one attached hydrogen (secondary N) is 1. The molecule has 2 heterocycles. The van der Waals surface area contributed by atoms with Gasteiger partial charge in [0.15, 0.2) is 6.04 Å². The normalized spacial score (nSPS) is 23.7. The van der Waals surface area contributed by atoms with Gasteiger partial charge in [-0.25, -0.2) is 4.90 Å². The monoisotopic (exact) mass is 289 g/mol. The van der Waals surface area contributed by atoms with Crippen molar-refractivity contribution in [1.82, 2.24) is 0 Å². The van der Waals surface area contributed by atoms with Crippen molar-refractivity contribution in [2.75, 3.05) is 25.1 Å². The van der Waals surface area contributed by atoms with Gasteiger partial charge in [-0.2, -0.15) is 0 Å². The van der Waals surface area contributed by atoms with Crippen LogP contribution in [0.15, 0.2) is 24.3 Å². The number of hydrogen-bond donors (Lipinski definition) is 1. The third-order valence-electron chi connectivity index (χ3n) is 4.47. The van der Waals surface area contributed by atoms with E-state index in [1.165, 1.54) is 16.2 Å². The fourth-order valence-corrected chi connectivity index (χ4v) is 3.31. The Labute approximate surface area is 124 Å². The van der Waals surface area contributed by atoms with Crippen molar-refractivity contribution in [2.45, 2.75) is 31.7 Å². The molecule has 1 aromatic carbocycles. The van der Waals surface area contributed by atoms with Gasteiger partial charge in [-0.05, 0) is 43.5 Å². The predicted octanol–water partition coefficient (Wildman–Crippen LogP) is 0.396. The molecule has 1 aromatic rings. The molecule has 5 heteroatoms. The summed E-state index contributed by atoms with van der Waals surface area (Å²) in [6.45, 7) is 2.00. The molecule has 0 radical (unpaired) electrons. The zero-order chi connectivity index (χ0) is 14.8. The van der Waals surface area contributed by atoms with Crippen LogP contribution in [0.1, 0.15) is 25.7 Å². The summed E-state index contributed by atoms with van der Waals surface area (Å²) >= 11 is 0. The molecule has 1 N–H and O–H groups in total. The summed E-state index contributed by atoms with van der Waals surface area (Å²) in [5.41, 5.74) is 0.643. The average molecular weight is 289 g/mol. The zero-order valence-corrected chi connectivity index (χ0v) is 12.3. The Morgan fingerprint density at radius 1 is 1.10 bits per heavy atom. The Balaban J connectivity index is 1.79. The number of benzene rings is 1. The maximum atomic E-state index is 12.6. The molecule has 2 amide bonds. The van der Waals surface area contributed by atoms with Gasteiger partial charge in [-0.15, -0.1) is 0 Å². The highest BCUT2D eigenvalue weighted by Gasteiger charge is 2.45. The lowest BCUT2D eigenvalue weighted by atomic mass is 10.1. The highest BCUT2D eigenvalue weighted by atomic mass is 16.5. The first-order valence-corrected chi connectivity index (χ1v) is 7.56. The minimum absolute atomic E-state index is 0.0536. The fraction of sp³-hybridized carbons (Fsp3) is 0.500. The van der Waals surface area contributed by atoms with Crippen LogP contribution in [0.25, 0.3) is 0 Å². The molecule has 0 spiro atoms. The largest absolute Gasteiger partial charge is 0.497 e.